The number of nitriles is 1. The van der Waals surface area contributed by atoms with Crippen LogP contribution in [0.2, 0.25) is 5.02 Å². The van der Waals surface area contributed by atoms with Gasteiger partial charge >= 0.3 is 0 Å². The quantitative estimate of drug-likeness (QED) is 0.871. The Hall–Kier alpha value is -2.32. The van der Waals surface area contributed by atoms with Gasteiger partial charge in [0.1, 0.15) is 23.2 Å². The van der Waals surface area contributed by atoms with E-state index in [0.717, 1.165) is 37.5 Å². The Morgan fingerprint density at radius 3 is 2.86 bits per heavy atom. The fourth-order valence-electron chi connectivity index (χ4n) is 2.56. The summed E-state index contributed by atoms with van der Waals surface area (Å²) in [5.74, 6) is 1.53. The molecule has 0 saturated carbocycles. The number of anilines is 1. The minimum absolute atomic E-state index is 0.144. The molecule has 0 radical (unpaired) electrons. The lowest BCUT2D eigenvalue weighted by molar-refractivity contribution is 0.170. The van der Waals surface area contributed by atoms with Crippen LogP contribution in [-0.2, 0) is 0 Å². The molecule has 5 nitrogen and oxygen atoms in total. The zero-order chi connectivity index (χ0) is 15.4. The van der Waals surface area contributed by atoms with Gasteiger partial charge in [-0.05, 0) is 18.2 Å². The number of benzene rings is 1. The van der Waals surface area contributed by atoms with Crippen molar-refractivity contribution in [2.45, 2.75) is 18.9 Å². The van der Waals surface area contributed by atoms with E-state index in [0.29, 0.717) is 10.6 Å². The summed E-state index contributed by atoms with van der Waals surface area (Å²) in [4.78, 5) is 10.3. The fraction of sp³-hybridized carbons (Fsp3) is 0.312. The molecular weight excluding hydrogens is 300 g/mol. The van der Waals surface area contributed by atoms with Crippen LogP contribution in [0.4, 0.5) is 5.82 Å². The topological polar surface area (TPSA) is 62.0 Å². The third kappa shape index (κ3) is 3.29. The minimum atomic E-state index is 0.144. The maximum atomic E-state index is 8.92. The molecule has 1 saturated heterocycles. The lowest BCUT2D eigenvalue weighted by Gasteiger charge is -2.33. The number of aromatic nitrogens is 2. The van der Waals surface area contributed by atoms with Gasteiger partial charge in [0.15, 0.2) is 5.82 Å². The van der Waals surface area contributed by atoms with E-state index in [4.69, 9.17) is 21.6 Å². The van der Waals surface area contributed by atoms with Gasteiger partial charge in [-0.3, -0.25) is 0 Å². The monoisotopic (exact) mass is 314 g/mol. The number of hydrogen-bond acceptors (Lipinski definition) is 5. The highest BCUT2D eigenvalue weighted by Gasteiger charge is 2.22. The fourth-order valence-corrected chi connectivity index (χ4v) is 2.78. The number of ether oxygens (including phenoxy) is 1. The van der Waals surface area contributed by atoms with Gasteiger partial charge in [0.2, 0.25) is 0 Å². The molecule has 2 heterocycles. The molecule has 0 unspecified atom stereocenters. The van der Waals surface area contributed by atoms with Crippen LogP contribution >= 0.6 is 11.6 Å². The number of nitrogens with zero attached hydrogens (tertiary/aromatic N) is 4. The normalized spacial score (nSPS) is 15.4. The van der Waals surface area contributed by atoms with E-state index < -0.39 is 0 Å². The summed E-state index contributed by atoms with van der Waals surface area (Å²) in [5, 5.41) is 9.49. The Morgan fingerprint density at radius 2 is 2.14 bits per heavy atom. The predicted molar refractivity (Wildman–Crippen MR) is 84.1 cm³/mol. The first kappa shape index (κ1) is 14.6. The predicted octanol–water partition coefficient (Wildman–Crippen LogP) is 3.05. The van der Waals surface area contributed by atoms with Gasteiger partial charge in [-0.1, -0.05) is 17.7 Å². The van der Waals surface area contributed by atoms with Crippen molar-refractivity contribution in [1.29, 1.82) is 5.26 Å². The van der Waals surface area contributed by atoms with E-state index in [9.17, 15) is 0 Å². The Balaban J connectivity index is 1.60. The lowest BCUT2D eigenvalue weighted by atomic mass is 10.1. The van der Waals surface area contributed by atoms with Gasteiger partial charge in [-0.25, -0.2) is 9.97 Å². The molecule has 112 valence electrons. The summed E-state index contributed by atoms with van der Waals surface area (Å²) in [7, 11) is 0. The molecule has 0 atom stereocenters. The van der Waals surface area contributed by atoms with Gasteiger partial charge in [0.25, 0.3) is 0 Å². The highest BCUT2D eigenvalue weighted by atomic mass is 35.5. The van der Waals surface area contributed by atoms with Gasteiger partial charge in [0.05, 0.1) is 17.8 Å². The summed E-state index contributed by atoms with van der Waals surface area (Å²) in [6.45, 7) is 1.67. The van der Waals surface area contributed by atoms with Crippen LogP contribution in [0, 0.1) is 11.3 Å². The van der Waals surface area contributed by atoms with Crippen molar-refractivity contribution in [1.82, 2.24) is 9.97 Å². The summed E-state index contributed by atoms with van der Waals surface area (Å²) < 4.78 is 5.97. The van der Waals surface area contributed by atoms with Crippen LogP contribution in [0.1, 0.15) is 18.4 Å². The minimum Gasteiger partial charge on any atom is -0.490 e. The number of rotatable bonds is 3. The second-order valence-electron chi connectivity index (χ2n) is 5.14. The average molecular weight is 315 g/mol. The highest BCUT2D eigenvalue weighted by Crippen LogP contribution is 2.26. The van der Waals surface area contributed by atoms with Crippen molar-refractivity contribution in [3.63, 3.8) is 0 Å². The summed E-state index contributed by atoms with van der Waals surface area (Å²) in [6.07, 6.45) is 5.04. The summed E-state index contributed by atoms with van der Waals surface area (Å²) in [5.41, 5.74) is 0.614. The second-order valence-corrected chi connectivity index (χ2v) is 5.55. The van der Waals surface area contributed by atoms with E-state index >= 15 is 0 Å². The Bertz CT molecular complexity index is 693. The van der Waals surface area contributed by atoms with Gasteiger partial charge in [-0.2, -0.15) is 5.26 Å². The molecule has 3 rings (SSSR count). The van der Waals surface area contributed by atoms with Crippen LogP contribution in [0.15, 0.2) is 36.8 Å². The zero-order valence-electron chi connectivity index (χ0n) is 11.9. The lowest BCUT2D eigenvalue weighted by Crippen LogP contribution is -2.38. The third-order valence-corrected chi connectivity index (χ3v) is 3.92. The van der Waals surface area contributed by atoms with Crippen LogP contribution in [0.5, 0.6) is 5.75 Å². The first-order valence-corrected chi connectivity index (χ1v) is 7.51. The highest BCUT2D eigenvalue weighted by molar-refractivity contribution is 6.32. The number of hydrogen-bond donors (Lipinski definition) is 0. The van der Waals surface area contributed by atoms with Gasteiger partial charge in [-0.15, -0.1) is 0 Å². The van der Waals surface area contributed by atoms with Crippen molar-refractivity contribution in [2.75, 3.05) is 18.0 Å². The van der Waals surface area contributed by atoms with E-state index in [-0.39, 0.29) is 6.10 Å². The van der Waals surface area contributed by atoms with Crippen molar-refractivity contribution in [3.8, 4) is 11.8 Å². The van der Waals surface area contributed by atoms with E-state index in [1.165, 1.54) is 6.33 Å². The van der Waals surface area contributed by atoms with Crippen molar-refractivity contribution < 1.29 is 4.74 Å². The Kier molecular flexibility index (Phi) is 4.40. The molecule has 0 amide bonds. The number of piperidine rings is 1. The molecule has 22 heavy (non-hydrogen) atoms. The molecule has 1 aromatic carbocycles. The largest absolute Gasteiger partial charge is 0.490 e. The van der Waals surface area contributed by atoms with Crippen LogP contribution in [0.25, 0.3) is 0 Å². The molecule has 0 bridgehead atoms. The Morgan fingerprint density at radius 1 is 1.32 bits per heavy atom. The molecule has 1 aromatic heterocycles. The third-order valence-electron chi connectivity index (χ3n) is 3.66. The first-order chi connectivity index (χ1) is 10.8. The van der Waals surface area contributed by atoms with Gasteiger partial charge < -0.3 is 9.64 Å². The van der Waals surface area contributed by atoms with Gasteiger partial charge in [0, 0.05) is 25.9 Å². The van der Waals surface area contributed by atoms with E-state index in [1.807, 2.05) is 12.1 Å². The summed E-state index contributed by atoms with van der Waals surface area (Å²) >= 11 is 6.13. The van der Waals surface area contributed by atoms with E-state index in [2.05, 4.69) is 20.9 Å². The van der Waals surface area contributed by atoms with Crippen LogP contribution in [-0.4, -0.2) is 29.2 Å². The zero-order valence-corrected chi connectivity index (χ0v) is 12.7. The molecule has 1 aliphatic rings. The molecule has 2 aromatic rings. The van der Waals surface area contributed by atoms with Crippen LogP contribution < -0.4 is 9.64 Å². The van der Waals surface area contributed by atoms with Crippen molar-refractivity contribution in [2.24, 2.45) is 0 Å². The second kappa shape index (κ2) is 6.63. The average Bonchev–Trinajstić information content (AvgIpc) is 2.56. The molecule has 6 heteroatoms. The molecule has 1 aliphatic heterocycles. The molecule has 0 N–H and O–H groups in total. The Labute approximate surface area is 134 Å². The smallest absolute Gasteiger partial charge is 0.150 e. The van der Waals surface area contributed by atoms with E-state index in [1.54, 1.807) is 18.3 Å². The van der Waals surface area contributed by atoms with Crippen molar-refractivity contribution in [3.05, 3.63) is 47.4 Å². The van der Waals surface area contributed by atoms with Crippen LogP contribution in [0.3, 0.4) is 0 Å². The molecule has 0 spiro atoms. The SMILES string of the molecule is N#Cc1cccc(OC2CCN(c3ncncc3Cl)CC2)c1. The number of halogens is 1. The molecule has 0 aliphatic carbocycles. The molecular formula is C16H15ClN4O. The maximum Gasteiger partial charge on any atom is 0.150 e. The van der Waals surface area contributed by atoms with Crippen molar-refractivity contribution >= 4 is 17.4 Å². The molecule has 1 fully saturated rings. The first-order valence-electron chi connectivity index (χ1n) is 7.13. The maximum absolute atomic E-state index is 8.92. The summed E-state index contributed by atoms with van der Waals surface area (Å²) in [6, 6.07) is 9.38. The standard InChI is InChI=1S/C16H15ClN4O/c17-15-10-19-11-20-16(15)21-6-4-13(5-7-21)22-14-3-1-2-12(8-14)9-18/h1-3,8,10-11,13H,4-7H2.